The minimum Gasteiger partial charge on any atom is -0.493 e. The Kier molecular flexibility index (Phi) is 12.2. The molecule has 0 fully saturated rings. The smallest absolute Gasteiger partial charge is 0.266 e. The van der Waals surface area contributed by atoms with Crippen molar-refractivity contribution in [2.24, 2.45) is 5.41 Å². The molecule has 0 bridgehead atoms. The van der Waals surface area contributed by atoms with Crippen molar-refractivity contribution in [2.45, 2.75) is 65.7 Å². The lowest BCUT2D eigenvalue weighted by Gasteiger charge is -2.25. The average molecular weight is 719 g/mol. The molecule has 266 valence electrons. The molecule has 0 aliphatic carbocycles. The molecule has 0 aliphatic heterocycles. The highest BCUT2D eigenvalue weighted by molar-refractivity contribution is 7.85. The van der Waals surface area contributed by atoms with Gasteiger partial charge in [-0.15, -0.1) is 0 Å². The Hall–Kier alpha value is -4.18. The van der Waals surface area contributed by atoms with Gasteiger partial charge in [0, 0.05) is 28.4 Å². The molecule has 0 saturated heterocycles. The van der Waals surface area contributed by atoms with E-state index in [1.54, 1.807) is 24.3 Å². The molecule has 0 saturated carbocycles. The third-order valence-electron chi connectivity index (χ3n) is 8.34. The highest BCUT2D eigenvalue weighted by atomic mass is 35.5. The van der Waals surface area contributed by atoms with Gasteiger partial charge in [0.1, 0.15) is 5.75 Å². The molecule has 50 heavy (non-hydrogen) atoms. The quantitative estimate of drug-likeness (QED) is 0.126. The second-order valence-corrected chi connectivity index (χ2v) is 16.8. The van der Waals surface area contributed by atoms with E-state index >= 15 is 0 Å². The van der Waals surface area contributed by atoms with E-state index in [0.29, 0.717) is 28.6 Å². The van der Waals surface area contributed by atoms with Gasteiger partial charge in [0.25, 0.3) is 16.0 Å². The van der Waals surface area contributed by atoms with Gasteiger partial charge in [-0.25, -0.2) is 0 Å². The van der Waals surface area contributed by atoms with Crippen molar-refractivity contribution >= 4 is 39.2 Å². The monoisotopic (exact) mass is 718 g/mol. The van der Waals surface area contributed by atoms with Gasteiger partial charge in [-0.2, -0.15) is 8.42 Å². The van der Waals surface area contributed by atoms with Gasteiger partial charge in [-0.3, -0.25) is 14.1 Å². The zero-order chi connectivity index (χ0) is 36.9. The molecule has 0 aromatic heterocycles. The summed E-state index contributed by atoms with van der Waals surface area (Å²) in [5, 5.41) is 6.25. The number of amides is 2. The van der Waals surface area contributed by atoms with E-state index in [1.807, 2.05) is 67.6 Å². The van der Waals surface area contributed by atoms with E-state index in [1.165, 1.54) is 0 Å². The van der Waals surface area contributed by atoms with Crippen molar-refractivity contribution in [1.29, 1.82) is 0 Å². The lowest BCUT2D eigenvalue weighted by atomic mass is 9.81. The van der Waals surface area contributed by atoms with Crippen molar-refractivity contribution < 1.29 is 27.3 Å². The summed E-state index contributed by atoms with van der Waals surface area (Å²) >= 11 is 6.68. The molecule has 2 unspecified atom stereocenters. The number of halogens is 1. The van der Waals surface area contributed by atoms with Crippen LogP contribution in [0.25, 0.3) is 11.1 Å². The maximum Gasteiger partial charge on any atom is 0.266 e. The van der Waals surface area contributed by atoms with Crippen molar-refractivity contribution in [3.8, 4) is 16.9 Å². The lowest BCUT2D eigenvalue weighted by Crippen LogP contribution is -2.29. The molecule has 0 spiro atoms. The second kappa shape index (κ2) is 15.8. The second-order valence-electron chi connectivity index (χ2n) is 14.9. The Morgan fingerprint density at radius 1 is 0.840 bits per heavy atom. The Bertz CT molecular complexity index is 1890. The number of carbonyl (C=O) groups is 2. The van der Waals surface area contributed by atoms with Crippen LogP contribution in [0.2, 0.25) is 5.02 Å². The fourth-order valence-corrected chi connectivity index (χ4v) is 6.08. The third kappa shape index (κ3) is 10.9. The SMILES string of the molecule is CC(c1ccc(C(=O)NCCS(=O)(=O)O)cc1)C(C(=O)Nc1ccc(-c2ccc(C(C)(C)C)cc2Cl)cc1)c1ccc(OCC(C)(C)C)cc1. The molecule has 2 amide bonds. The van der Waals surface area contributed by atoms with Crippen molar-refractivity contribution in [2.75, 3.05) is 24.2 Å². The van der Waals surface area contributed by atoms with Gasteiger partial charge in [-0.05, 0) is 81.5 Å². The maximum absolute atomic E-state index is 14.1. The predicted molar refractivity (Wildman–Crippen MR) is 202 cm³/mol. The summed E-state index contributed by atoms with van der Waals surface area (Å²) in [5.74, 6) is -1.43. The fourth-order valence-electron chi connectivity index (χ4n) is 5.43. The van der Waals surface area contributed by atoms with Crippen LogP contribution < -0.4 is 15.4 Å². The van der Waals surface area contributed by atoms with Gasteiger partial charge in [0.2, 0.25) is 5.91 Å². The van der Waals surface area contributed by atoms with Gasteiger partial charge in [-0.1, -0.05) is 109 Å². The maximum atomic E-state index is 14.1. The van der Waals surface area contributed by atoms with Crippen LogP contribution in [-0.2, 0) is 20.3 Å². The molecule has 0 heterocycles. The molecular formula is C40H47ClN2O6S. The first-order chi connectivity index (χ1) is 23.3. The number of hydrogen-bond acceptors (Lipinski definition) is 5. The molecule has 8 nitrogen and oxygen atoms in total. The zero-order valence-electron chi connectivity index (χ0n) is 29.7. The largest absolute Gasteiger partial charge is 0.493 e. The zero-order valence-corrected chi connectivity index (χ0v) is 31.3. The molecule has 4 aromatic rings. The van der Waals surface area contributed by atoms with Crippen LogP contribution in [0.4, 0.5) is 5.69 Å². The summed E-state index contributed by atoms with van der Waals surface area (Å²) in [6.45, 7) is 15.0. The highest BCUT2D eigenvalue weighted by Gasteiger charge is 2.29. The highest BCUT2D eigenvalue weighted by Crippen LogP contribution is 2.36. The van der Waals surface area contributed by atoms with Gasteiger partial charge >= 0.3 is 0 Å². The van der Waals surface area contributed by atoms with Crippen LogP contribution in [0.3, 0.4) is 0 Å². The Labute approximate surface area is 301 Å². The molecule has 0 radical (unpaired) electrons. The fraction of sp³-hybridized carbons (Fsp3) is 0.350. The summed E-state index contributed by atoms with van der Waals surface area (Å²) in [5.41, 5.74) is 5.56. The number of anilines is 1. The number of carbonyl (C=O) groups excluding carboxylic acids is 2. The van der Waals surface area contributed by atoms with E-state index in [2.05, 4.69) is 58.2 Å². The van der Waals surface area contributed by atoms with Crippen LogP contribution in [0.15, 0.2) is 91.0 Å². The number of nitrogens with one attached hydrogen (secondary N) is 2. The predicted octanol–water partition coefficient (Wildman–Crippen LogP) is 8.87. The molecule has 4 rings (SSSR count). The molecule has 0 aliphatic rings. The van der Waals surface area contributed by atoms with E-state index in [4.69, 9.17) is 20.9 Å². The standard InChI is InChI=1S/C40H47ClN2O6S/c1-26(27-8-10-30(11-9-27)37(44)42-22-23-50(46,47)48)36(29-14-19-33(20-15-29)49-25-39(2,3)4)38(45)43-32-17-12-28(13-18-32)34-21-16-31(24-35(34)41)40(5,6)7/h8-21,24,26,36H,22-23,25H2,1-7H3,(H,42,44)(H,43,45)(H,46,47,48). The van der Waals surface area contributed by atoms with E-state index < -0.39 is 27.7 Å². The lowest BCUT2D eigenvalue weighted by molar-refractivity contribution is -0.118. The van der Waals surface area contributed by atoms with Crippen LogP contribution >= 0.6 is 11.6 Å². The van der Waals surface area contributed by atoms with Gasteiger partial charge in [0.15, 0.2) is 0 Å². The first kappa shape index (κ1) is 38.6. The van der Waals surface area contributed by atoms with Crippen molar-refractivity contribution in [1.82, 2.24) is 5.32 Å². The van der Waals surface area contributed by atoms with Crippen LogP contribution in [0.1, 0.15) is 87.4 Å². The molecule has 4 aromatic carbocycles. The minimum absolute atomic E-state index is 0.00797. The number of ether oxygens (including phenoxy) is 1. The van der Waals surface area contributed by atoms with Gasteiger partial charge < -0.3 is 15.4 Å². The Balaban J connectivity index is 1.57. The first-order valence-corrected chi connectivity index (χ1v) is 18.6. The third-order valence-corrected chi connectivity index (χ3v) is 9.37. The molecule has 10 heteroatoms. The van der Waals surface area contributed by atoms with E-state index in [9.17, 15) is 18.0 Å². The minimum atomic E-state index is -4.19. The number of benzene rings is 4. The van der Waals surface area contributed by atoms with Gasteiger partial charge in [0.05, 0.1) is 18.3 Å². The average Bonchev–Trinajstić information content (AvgIpc) is 3.03. The summed E-state index contributed by atoms with van der Waals surface area (Å²) in [4.78, 5) is 26.6. The van der Waals surface area contributed by atoms with Crippen molar-refractivity contribution in [3.63, 3.8) is 0 Å². The van der Waals surface area contributed by atoms with Crippen LogP contribution in [0.5, 0.6) is 5.75 Å². The Morgan fingerprint density at radius 3 is 1.98 bits per heavy atom. The molecular weight excluding hydrogens is 672 g/mol. The topological polar surface area (TPSA) is 122 Å². The number of hydrogen-bond donors (Lipinski definition) is 3. The van der Waals surface area contributed by atoms with E-state index in [-0.39, 0.29) is 29.2 Å². The van der Waals surface area contributed by atoms with Crippen molar-refractivity contribution in [3.05, 3.63) is 118 Å². The summed E-state index contributed by atoms with van der Waals surface area (Å²) in [7, 11) is -4.19. The summed E-state index contributed by atoms with van der Waals surface area (Å²) in [6.07, 6.45) is 0. The van der Waals surface area contributed by atoms with E-state index in [0.717, 1.165) is 27.8 Å². The Morgan fingerprint density at radius 2 is 1.44 bits per heavy atom. The van der Waals surface area contributed by atoms with Crippen LogP contribution in [0, 0.1) is 5.41 Å². The number of rotatable bonds is 12. The summed E-state index contributed by atoms with van der Waals surface area (Å²) < 4.78 is 36.9. The summed E-state index contributed by atoms with van der Waals surface area (Å²) in [6, 6.07) is 28.1. The first-order valence-electron chi connectivity index (χ1n) is 16.6. The normalized spacial score (nSPS) is 13.3. The molecule has 2 atom stereocenters. The molecule has 3 N–H and O–H groups in total. The van der Waals surface area contributed by atoms with Crippen LogP contribution in [-0.4, -0.2) is 43.7 Å².